The SMILES string of the molecule is COc1cc(C(=O)N2CCC(C(=O)O)(C(C)C)C2)ccc1OCC(C)C. The molecule has 1 unspecified atom stereocenters. The Labute approximate surface area is 155 Å². The summed E-state index contributed by atoms with van der Waals surface area (Å²) in [5.74, 6) is 0.426. The Hall–Kier alpha value is -2.24. The Morgan fingerprint density at radius 2 is 1.92 bits per heavy atom. The van der Waals surface area contributed by atoms with Crippen molar-refractivity contribution in [1.29, 1.82) is 0 Å². The van der Waals surface area contributed by atoms with E-state index in [1.165, 1.54) is 7.11 Å². The Balaban J connectivity index is 2.18. The fraction of sp³-hybridized carbons (Fsp3) is 0.600. The summed E-state index contributed by atoms with van der Waals surface area (Å²) in [6.07, 6.45) is 0.471. The average molecular weight is 363 g/mol. The van der Waals surface area contributed by atoms with Crippen molar-refractivity contribution in [2.45, 2.75) is 34.1 Å². The van der Waals surface area contributed by atoms with Crippen LogP contribution in [0.1, 0.15) is 44.5 Å². The largest absolute Gasteiger partial charge is 0.493 e. The Kier molecular flexibility index (Phi) is 6.16. The normalized spacial score (nSPS) is 19.9. The van der Waals surface area contributed by atoms with Crippen LogP contribution in [0, 0.1) is 17.3 Å². The van der Waals surface area contributed by atoms with Crippen LogP contribution in [-0.2, 0) is 4.79 Å². The van der Waals surface area contributed by atoms with E-state index < -0.39 is 11.4 Å². The number of rotatable bonds is 7. The highest BCUT2D eigenvalue weighted by Gasteiger charge is 2.48. The molecule has 1 N–H and O–H groups in total. The highest BCUT2D eigenvalue weighted by molar-refractivity contribution is 5.95. The molecule has 0 spiro atoms. The molecule has 1 fully saturated rings. The summed E-state index contributed by atoms with van der Waals surface area (Å²) in [5, 5.41) is 9.65. The van der Waals surface area contributed by atoms with Crippen LogP contribution in [0.3, 0.4) is 0 Å². The topological polar surface area (TPSA) is 76.1 Å². The van der Waals surface area contributed by atoms with E-state index in [0.717, 1.165) is 0 Å². The number of ether oxygens (including phenoxy) is 2. The molecule has 0 aromatic heterocycles. The summed E-state index contributed by atoms with van der Waals surface area (Å²) in [4.78, 5) is 26.3. The minimum absolute atomic E-state index is 0.0425. The van der Waals surface area contributed by atoms with Gasteiger partial charge in [-0.05, 0) is 36.5 Å². The predicted molar refractivity (Wildman–Crippen MR) is 98.8 cm³/mol. The molecule has 0 radical (unpaired) electrons. The van der Waals surface area contributed by atoms with Crippen LogP contribution in [0.5, 0.6) is 11.5 Å². The molecule has 1 aromatic rings. The molecular formula is C20H29NO5. The lowest BCUT2D eigenvalue weighted by Crippen LogP contribution is -2.40. The van der Waals surface area contributed by atoms with Crippen molar-refractivity contribution < 1.29 is 24.2 Å². The summed E-state index contributed by atoms with van der Waals surface area (Å²) in [7, 11) is 1.54. The van der Waals surface area contributed by atoms with Crippen LogP contribution in [0.25, 0.3) is 0 Å². The summed E-state index contributed by atoms with van der Waals surface area (Å²) in [6.45, 7) is 9.13. The van der Waals surface area contributed by atoms with E-state index in [-0.39, 0.29) is 18.4 Å². The molecule has 26 heavy (non-hydrogen) atoms. The first-order chi connectivity index (χ1) is 12.2. The number of carboxylic acids is 1. The molecule has 1 saturated heterocycles. The van der Waals surface area contributed by atoms with Crippen LogP contribution >= 0.6 is 0 Å². The molecule has 1 aliphatic rings. The molecule has 0 saturated carbocycles. The zero-order valence-corrected chi connectivity index (χ0v) is 16.2. The van der Waals surface area contributed by atoms with Crippen LogP contribution in [0.2, 0.25) is 0 Å². The summed E-state index contributed by atoms with van der Waals surface area (Å²) >= 11 is 0. The van der Waals surface area contributed by atoms with Crippen molar-refractivity contribution in [1.82, 2.24) is 4.90 Å². The van der Waals surface area contributed by atoms with E-state index in [9.17, 15) is 14.7 Å². The maximum Gasteiger partial charge on any atom is 0.311 e. The third-order valence-electron chi connectivity index (χ3n) is 5.10. The average Bonchev–Trinajstić information content (AvgIpc) is 3.06. The van der Waals surface area contributed by atoms with Crippen molar-refractivity contribution in [2.24, 2.45) is 17.3 Å². The lowest BCUT2D eigenvalue weighted by molar-refractivity contribution is -0.150. The van der Waals surface area contributed by atoms with Crippen molar-refractivity contribution in [3.8, 4) is 11.5 Å². The van der Waals surface area contributed by atoms with E-state index in [1.807, 2.05) is 13.8 Å². The third kappa shape index (κ3) is 3.94. The molecule has 0 bridgehead atoms. The van der Waals surface area contributed by atoms with E-state index in [0.29, 0.717) is 42.6 Å². The molecule has 1 amide bonds. The second-order valence-electron chi connectivity index (χ2n) is 7.66. The number of benzene rings is 1. The van der Waals surface area contributed by atoms with Crippen LogP contribution in [0.4, 0.5) is 0 Å². The van der Waals surface area contributed by atoms with Gasteiger partial charge in [0, 0.05) is 18.7 Å². The van der Waals surface area contributed by atoms with Crippen LogP contribution in [-0.4, -0.2) is 48.7 Å². The molecule has 1 atom stereocenters. The Morgan fingerprint density at radius 1 is 1.23 bits per heavy atom. The molecule has 6 nitrogen and oxygen atoms in total. The first-order valence-electron chi connectivity index (χ1n) is 9.04. The molecular weight excluding hydrogens is 334 g/mol. The van der Waals surface area contributed by atoms with Gasteiger partial charge in [-0.2, -0.15) is 0 Å². The summed E-state index contributed by atoms with van der Waals surface area (Å²) in [6, 6.07) is 5.10. The van der Waals surface area contributed by atoms with Gasteiger partial charge in [0.1, 0.15) is 0 Å². The highest BCUT2D eigenvalue weighted by atomic mass is 16.5. The van der Waals surface area contributed by atoms with Crippen molar-refractivity contribution >= 4 is 11.9 Å². The van der Waals surface area contributed by atoms with Gasteiger partial charge in [-0.25, -0.2) is 0 Å². The van der Waals surface area contributed by atoms with Gasteiger partial charge < -0.3 is 19.5 Å². The van der Waals surface area contributed by atoms with Crippen LogP contribution < -0.4 is 9.47 Å². The second-order valence-corrected chi connectivity index (χ2v) is 7.66. The summed E-state index contributed by atoms with van der Waals surface area (Å²) < 4.78 is 11.1. The quantitative estimate of drug-likeness (QED) is 0.804. The molecule has 2 rings (SSSR count). The van der Waals surface area contributed by atoms with Gasteiger partial charge in [-0.1, -0.05) is 27.7 Å². The van der Waals surface area contributed by atoms with E-state index >= 15 is 0 Å². The fourth-order valence-electron chi connectivity index (χ4n) is 3.26. The van der Waals surface area contributed by atoms with Crippen molar-refractivity contribution in [3.05, 3.63) is 23.8 Å². The molecule has 0 aliphatic carbocycles. The van der Waals surface area contributed by atoms with Gasteiger partial charge in [-0.3, -0.25) is 9.59 Å². The zero-order chi connectivity index (χ0) is 19.5. The number of methoxy groups -OCH3 is 1. The lowest BCUT2D eigenvalue weighted by atomic mass is 9.76. The Morgan fingerprint density at radius 3 is 2.42 bits per heavy atom. The zero-order valence-electron chi connectivity index (χ0n) is 16.2. The lowest BCUT2D eigenvalue weighted by Gasteiger charge is -2.28. The van der Waals surface area contributed by atoms with Gasteiger partial charge in [0.2, 0.25) is 0 Å². The maximum atomic E-state index is 12.9. The number of aliphatic carboxylic acids is 1. The number of hydrogen-bond donors (Lipinski definition) is 1. The van der Waals surface area contributed by atoms with Crippen LogP contribution in [0.15, 0.2) is 18.2 Å². The van der Waals surface area contributed by atoms with Gasteiger partial charge in [0.15, 0.2) is 11.5 Å². The first kappa shape index (κ1) is 20.1. The number of carbonyl (C=O) groups excluding carboxylic acids is 1. The number of hydrogen-bond acceptors (Lipinski definition) is 4. The Bertz CT molecular complexity index is 670. The molecule has 6 heteroatoms. The number of carboxylic acid groups (broad SMARTS) is 1. The first-order valence-corrected chi connectivity index (χ1v) is 9.04. The minimum atomic E-state index is -0.875. The molecule has 144 valence electrons. The van der Waals surface area contributed by atoms with Gasteiger partial charge in [-0.15, -0.1) is 0 Å². The fourth-order valence-corrected chi connectivity index (χ4v) is 3.26. The van der Waals surface area contributed by atoms with Gasteiger partial charge in [0.05, 0.1) is 19.1 Å². The number of nitrogens with zero attached hydrogens (tertiary/aromatic N) is 1. The van der Waals surface area contributed by atoms with E-state index in [2.05, 4.69) is 13.8 Å². The van der Waals surface area contributed by atoms with E-state index in [1.54, 1.807) is 23.1 Å². The second kappa shape index (κ2) is 7.98. The monoisotopic (exact) mass is 363 g/mol. The van der Waals surface area contributed by atoms with Crippen molar-refractivity contribution in [2.75, 3.05) is 26.8 Å². The number of carbonyl (C=O) groups is 2. The molecule has 1 aliphatic heterocycles. The third-order valence-corrected chi connectivity index (χ3v) is 5.10. The molecule has 1 aromatic carbocycles. The summed E-state index contributed by atoms with van der Waals surface area (Å²) in [5.41, 5.74) is -0.399. The smallest absolute Gasteiger partial charge is 0.311 e. The molecule has 1 heterocycles. The number of amides is 1. The van der Waals surface area contributed by atoms with Gasteiger partial charge >= 0.3 is 5.97 Å². The van der Waals surface area contributed by atoms with Gasteiger partial charge in [0.25, 0.3) is 5.91 Å². The standard InChI is InChI=1S/C20H29NO5/c1-13(2)11-26-16-7-6-15(10-17(16)25-5)18(22)21-9-8-20(12-21,14(3)4)19(23)24/h6-7,10,13-14H,8-9,11-12H2,1-5H3,(H,23,24). The maximum absolute atomic E-state index is 12.9. The highest BCUT2D eigenvalue weighted by Crippen LogP contribution is 2.39. The minimum Gasteiger partial charge on any atom is -0.493 e. The predicted octanol–water partition coefficient (Wildman–Crippen LogP) is 3.30. The van der Waals surface area contributed by atoms with E-state index in [4.69, 9.17) is 9.47 Å². The number of likely N-dealkylation sites (tertiary alicyclic amines) is 1. The van der Waals surface area contributed by atoms with Crippen molar-refractivity contribution in [3.63, 3.8) is 0 Å².